The highest BCUT2D eigenvalue weighted by atomic mass is 35.5. The van der Waals surface area contributed by atoms with Gasteiger partial charge in [-0.05, 0) is 30.3 Å². The smallest absolute Gasteiger partial charge is 0.310 e. The van der Waals surface area contributed by atoms with E-state index < -0.39 is 18.5 Å². The quantitative estimate of drug-likeness (QED) is 0.708. The van der Waals surface area contributed by atoms with E-state index in [1.54, 1.807) is 18.2 Å². The van der Waals surface area contributed by atoms with Crippen LogP contribution in [0.3, 0.4) is 0 Å². The Hall–Kier alpha value is -1.46. The maximum absolute atomic E-state index is 11.8. The average molecular weight is 407 g/mol. The first-order valence-electron chi connectivity index (χ1n) is 6.69. The topological polar surface area (TPSA) is 55.4 Å². The van der Waals surface area contributed by atoms with Crippen molar-refractivity contribution in [2.24, 2.45) is 0 Å². The molecule has 2 rings (SSSR count). The Morgan fingerprint density at radius 3 is 2.12 bits per heavy atom. The number of amides is 1. The molecule has 126 valence electrons. The first-order valence-corrected chi connectivity index (χ1v) is 8.21. The molecule has 0 aliphatic heterocycles. The number of esters is 1. The Kier molecular flexibility index (Phi) is 6.75. The van der Waals surface area contributed by atoms with Crippen LogP contribution >= 0.6 is 46.4 Å². The van der Waals surface area contributed by atoms with Gasteiger partial charge in [0.2, 0.25) is 0 Å². The first-order chi connectivity index (χ1) is 11.3. The number of ether oxygens (including phenoxy) is 1. The number of halogens is 4. The zero-order valence-electron chi connectivity index (χ0n) is 12.1. The molecule has 0 unspecified atom stereocenters. The standard InChI is InChI=1S/C16H11Cl4NO3/c17-9-4-10(18)6-11(5-9)21-15(22)8-24-16(23)7-12-13(19)2-1-3-14(12)20/h1-6H,7-8H2,(H,21,22). The summed E-state index contributed by atoms with van der Waals surface area (Å²) in [6, 6.07) is 9.49. The van der Waals surface area contributed by atoms with Crippen molar-refractivity contribution < 1.29 is 14.3 Å². The number of hydrogen-bond acceptors (Lipinski definition) is 3. The van der Waals surface area contributed by atoms with E-state index in [-0.39, 0.29) is 6.42 Å². The largest absolute Gasteiger partial charge is 0.455 e. The van der Waals surface area contributed by atoms with Gasteiger partial charge in [-0.25, -0.2) is 0 Å². The number of benzene rings is 2. The molecule has 2 aromatic carbocycles. The van der Waals surface area contributed by atoms with Gasteiger partial charge >= 0.3 is 5.97 Å². The highest BCUT2D eigenvalue weighted by molar-refractivity contribution is 6.36. The fourth-order valence-corrected chi connectivity index (χ4v) is 2.92. The van der Waals surface area contributed by atoms with E-state index in [1.807, 2.05) is 0 Å². The lowest BCUT2D eigenvalue weighted by molar-refractivity contribution is -0.146. The maximum atomic E-state index is 11.8. The summed E-state index contributed by atoms with van der Waals surface area (Å²) in [5.41, 5.74) is 0.857. The number of hydrogen-bond donors (Lipinski definition) is 1. The fourth-order valence-electron chi connectivity index (χ4n) is 1.87. The van der Waals surface area contributed by atoms with Gasteiger partial charge in [0.05, 0.1) is 6.42 Å². The number of rotatable bonds is 5. The second-order valence-electron chi connectivity index (χ2n) is 4.74. The zero-order valence-corrected chi connectivity index (χ0v) is 15.1. The van der Waals surface area contributed by atoms with Gasteiger partial charge in [0, 0.05) is 31.3 Å². The Morgan fingerprint density at radius 1 is 0.958 bits per heavy atom. The molecule has 0 aliphatic rings. The lowest BCUT2D eigenvalue weighted by Gasteiger charge is -2.09. The number of anilines is 1. The van der Waals surface area contributed by atoms with Crippen molar-refractivity contribution in [3.8, 4) is 0 Å². The molecule has 0 atom stereocenters. The van der Waals surface area contributed by atoms with Gasteiger partial charge in [-0.3, -0.25) is 9.59 Å². The van der Waals surface area contributed by atoms with Crippen LogP contribution in [0.4, 0.5) is 5.69 Å². The van der Waals surface area contributed by atoms with Crippen molar-refractivity contribution in [2.45, 2.75) is 6.42 Å². The zero-order chi connectivity index (χ0) is 17.7. The summed E-state index contributed by atoms with van der Waals surface area (Å²) < 4.78 is 4.92. The third-order valence-corrected chi connectivity index (χ3v) is 4.04. The van der Waals surface area contributed by atoms with Crippen molar-refractivity contribution in [2.75, 3.05) is 11.9 Å². The molecule has 1 N–H and O–H groups in total. The van der Waals surface area contributed by atoms with E-state index in [1.165, 1.54) is 18.2 Å². The molecule has 8 heteroatoms. The van der Waals surface area contributed by atoms with E-state index >= 15 is 0 Å². The minimum atomic E-state index is -0.621. The molecule has 0 spiro atoms. The Morgan fingerprint density at radius 2 is 1.54 bits per heavy atom. The van der Waals surface area contributed by atoms with E-state index in [9.17, 15) is 9.59 Å². The maximum Gasteiger partial charge on any atom is 0.310 e. The second kappa shape index (κ2) is 8.58. The molecule has 4 nitrogen and oxygen atoms in total. The molecule has 0 radical (unpaired) electrons. The number of carbonyl (C=O) groups excluding carboxylic acids is 2. The first kappa shape index (κ1) is 18.9. The van der Waals surface area contributed by atoms with Gasteiger partial charge in [0.25, 0.3) is 5.91 Å². The van der Waals surface area contributed by atoms with Crippen LogP contribution in [0.2, 0.25) is 20.1 Å². The van der Waals surface area contributed by atoms with Crippen molar-refractivity contribution in [1.82, 2.24) is 0 Å². The van der Waals surface area contributed by atoms with Gasteiger partial charge in [0.1, 0.15) is 0 Å². The van der Waals surface area contributed by atoms with Crippen molar-refractivity contribution in [3.63, 3.8) is 0 Å². The summed E-state index contributed by atoms with van der Waals surface area (Å²) in [6.45, 7) is -0.453. The van der Waals surface area contributed by atoms with Crippen molar-refractivity contribution in [1.29, 1.82) is 0 Å². The molecule has 0 saturated carbocycles. The predicted molar refractivity (Wildman–Crippen MR) is 96.2 cm³/mol. The Bertz CT molecular complexity index is 739. The van der Waals surface area contributed by atoms with Crippen LogP contribution < -0.4 is 5.32 Å². The molecule has 2 aromatic rings. The number of nitrogens with one attached hydrogen (secondary N) is 1. The molecule has 0 fully saturated rings. The summed E-state index contributed by atoms with van der Waals surface area (Å²) in [7, 11) is 0. The lowest BCUT2D eigenvalue weighted by Crippen LogP contribution is -2.21. The molecule has 0 aliphatic carbocycles. The molecular weight excluding hydrogens is 396 g/mol. The summed E-state index contributed by atoms with van der Waals surface area (Å²) >= 11 is 23.6. The molecule has 0 saturated heterocycles. The predicted octanol–water partition coefficient (Wildman–Crippen LogP) is 5.02. The second-order valence-corrected chi connectivity index (χ2v) is 6.43. The van der Waals surface area contributed by atoms with Crippen LogP contribution in [0.1, 0.15) is 5.56 Å². The van der Waals surface area contributed by atoms with E-state index in [2.05, 4.69) is 5.32 Å². The Labute approximate surface area is 158 Å². The van der Waals surface area contributed by atoms with Gasteiger partial charge in [-0.15, -0.1) is 0 Å². The minimum Gasteiger partial charge on any atom is -0.455 e. The van der Waals surface area contributed by atoms with Crippen LogP contribution in [-0.4, -0.2) is 18.5 Å². The Balaban J connectivity index is 1.88. The lowest BCUT2D eigenvalue weighted by atomic mass is 10.1. The third-order valence-electron chi connectivity index (χ3n) is 2.89. The normalized spacial score (nSPS) is 10.3. The van der Waals surface area contributed by atoms with Crippen molar-refractivity contribution in [3.05, 3.63) is 62.1 Å². The van der Waals surface area contributed by atoms with Gasteiger partial charge in [-0.2, -0.15) is 0 Å². The molecule has 0 heterocycles. The van der Waals surface area contributed by atoms with Crippen LogP contribution in [0.5, 0.6) is 0 Å². The molecule has 24 heavy (non-hydrogen) atoms. The minimum absolute atomic E-state index is 0.130. The van der Waals surface area contributed by atoms with Crippen LogP contribution in [0, 0.1) is 0 Å². The monoisotopic (exact) mass is 405 g/mol. The van der Waals surface area contributed by atoms with Gasteiger partial charge in [-0.1, -0.05) is 52.5 Å². The van der Waals surface area contributed by atoms with Crippen LogP contribution in [-0.2, 0) is 20.7 Å². The SMILES string of the molecule is O=C(COC(=O)Cc1c(Cl)cccc1Cl)Nc1cc(Cl)cc(Cl)c1. The van der Waals surface area contributed by atoms with Gasteiger partial charge in [0.15, 0.2) is 6.61 Å². The van der Waals surface area contributed by atoms with Crippen LogP contribution in [0.25, 0.3) is 0 Å². The van der Waals surface area contributed by atoms with Crippen LogP contribution in [0.15, 0.2) is 36.4 Å². The summed E-state index contributed by atoms with van der Waals surface area (Å²) in [6.07, 6.45) is -0.130. The van der Waals surface area contributed by atoms with E-state index in [4.69, 9.17) is 51.1 Å². The fraction of sp³-hybridized carbons (Fsp3) is 0.125. The van der Waals surface area contributed by atoms with Gasteiger partial charge < -0.3 is 10.1 Å². The third kappa shape index (κ3) is 5.56. The molecule has 1 amide bonds. The summed E-state index contributed by atoms with van der Waals surface area (Å²) in [5, 5.41) is 4.00. The highest BCUT2D eigenvalue weighted by Gasteiger charge is 2.13. The highest BCUT2D eigenvalue weighted by Crippen LogP contribution is 2.25. The van der Waals surface area contributed by atoms with Crippen molar-refractivity contribution >= 4 is 64.0 Å². The number of carbonyl (C=O) groups is 2. The molecule has 0 bridgehead atoms. The molecular formula is C16H11Cl4NO3. The van der Waals surface area contributed by atoms with E-state index in [0.29, 0.717) is 31.3 Å². The summed E-state index contributed by atoms with van der Waals surface area (Å²) in [4.78, 5) is 23.6. The summed E-state index contributed by atoms with van der Waals surface area (Å²) in [5.74, 6) is -1.14. The average Bonchev–Trinajstić information content (AvgIpc) is 2.48. The molecule has 0 aromatic heterocycles. The van der Waals surface area contributed by atoms with E-state index in [0.717, 1.165) is 0 Å².